The number of likely N-dealkylation sites (N-methyl/N-ethyl adjacent to an activating group) is 1. The Morgan fingerprint density at radius 1 is 1.03 bits per heavy atom. The average Bonchev–Trinajstić information content (AvgIpc) is 2.79. The molecule has 3 amide bonds. The van der Waals surface area contributed by atoms with E-state index >= 15 is 0 Å². The fraction of sp³-hybridized carbons (Fsp3) is 0.435. The molecule has 2 aromatic carbocycles. The van der Waals surface area contributed by atoms with E-state index in [1.165, 1.54) is 6.42 Å². The summed E-state index contributed by atoms with van der Waals surface area (Å²) in [6.45, 7) is 3.68. The predicted octanol–water partition coefficient (Wildman–Crippen LogP) is 1.86. The quantitative estimate of drug-likeness (QED) is 0.782. The van der Waals surface area contributed by atoms with Gasteiger partial charge in [0.15, 0.2) is 0 Å². The second-order valence-corrected chi connectivity index (χ2v) is 8.13. The number of anilines is 1. The molecule has 1 atom stereocenters. The van der Waals surface area contributed by atoms with E-state index in [2.05, 4.69) is 16.3 Å². The maximum absolute atomic E-state index is 12.9. The van der Waals surface area contributed by atoms with Crippen LogP contribution in [-0.4, -0.2) is 73.8 Å². The van der Waals surface area contributed by atoms with E-state index in [-0.39, 0.29) is 17.9 Å². The van der Waals surface area contributed by atoms with Crippen molar-refractivity contribution in [1.29, 1.82) is 0 Å². The van der Waals surface area contributed by atoms with Gasteiger partial charge in [-0.1, -0.05) is 18.2 Å². The van der Waals surface area contributed by atoms with Crippen LogP contribution in [0, 0.1) is 0 Å². The number of hydrogen-bond donors (Lipinski definition) is 1. The van der Waals surface area contributed by atoms with Crippen molar-refractivity contribution in [3.8, 4) is 0 Å². The first kappa shape index (κ1) is 20.3. The highest BCUT2D eigenvalue weighted by molar-refractivity contribution is 6.02. The number of carbonyl (C=O) groups is 3. The van der Waals surface area contributed by atoms with Gasteiger partial charge in [-0.05, 0) is 49.9 Å². The van der Waals surface area contributed by atoms with Crippen LogP contribution in [0.5, 0.6) is 0 Å². The molecule has 158 valence electrons. The Morgan fingerprint density at radius 3 is 2.60 bits per heavy atom. The van der Waals surface area contributed by atoms with Crippen LogP contribution in [0.1, 0.15) is 29.6 Å². The van der Waals surface area contributed by atoms with Crippen molar-refractivity contribution in [2.75, 3.05) is 44.7 Å². The summed E-state index contributed by atoms with van der Waals surface area (Å²) < 4.78 is 0. The Hall–Kier alpha value is -2.93. The summed E-state index contributed by atoms with van der Waals surface area (Å²) in [4.78, 5) is 41.9. The third kappa shape index (κ3) is 4.03. The van der Waals surface area contributed by atoms with Crippen molar-refractivity contribution in [2.45, 2.75) is 25.3 Å². The SMILES string of the molecule is CN1CCN(c2cccc3cc(C(=O)N4CCCCC4)ccc23)CC1C(=O)NC=O. The van der Waals surface area contributed by atoms with Crippen LogP contribution in [-0.2, 0) is 9.59 Å². The van der Waals surface area contributed by atoms with Crippen molar-refractivity contribution in [2.24, 2.45) is 0 Å². The summed E-state index contributed by atoms with van der Waals surface area (Å²) in [5.41, 5.74) is 1.77. The molecule has 7 heteroatoms. The van der Waals surface area contributed by atoms with Crippen LogP contribution in [0.25, 0.3) is 10.8 Å². The van der Waals surface area contributed by atoms with Gasteiger partial charge in [0.05, 0.1) is 0 Å². The first-order valence-corrected chi connectivity index (χ1v) is 10.6. The number of nitrogens with one attached hydrogen (secondary N) is 1. The van der Waals surface area contributed by atoms with Crippen LogP contribution in [0.2, 0.25) is 0 Å². The zero-order chi connectivity index (χ0) is 21.1. The molecule has 2 aromatic rings. The van der Waals surface area contributed by atoms with Gasteiger partial charge in [-0.25, -0.2) is 0 Å². The monoisotopic (exact) mass is 408 g/mol. The number of piperidine rings is 1. The Labute approximate surface area is 176 Å². The molecule has 0 radical (unpaired) electrons. The highest BCUT2D eigenvalue weighted by Gasteiger charge is 2.30. The molecular formula is C23H28N4O3. The minimum atomic E-state index is -0.390. The number of rotatable bonds is 4. The maximum Gasteiger partial charge on any atom is 0.253 e. The van der Waals surface area contributed by atoms with Crippen molar-refractivity contribution in [3.05, 3.63) is 42.0 Å². The summed E-state index contributed by atoms with van der Waals surface area (Å²) in [5, 5.41) is 4.35. The molecule has 2 saturated heterocycles. The van der Waals surface area contributed by atoms with Crippen LogP contribution in [0.15, 0.2) is 36.4 Å². The lowest BCUT2D eigenvalue weighted by atomic mass is 10.0. The van der Waals surface area contributed by atoms with Gasteiger partial charge in [0, 0.05) is 49.4 Å². The summed E-state index contributed by atoms with van der Waals surface area (Å²) in [6, 6.07) is 11.6. The molecule has 7 nitrogen and oxygen atoms in total. The number of likely N-dealkylation sites (tertiary alicyclic amines) is 1. The fourth-order valence-electron chi connectivity index (χ4n) is 4.48. The van der Waals surface area contributed by atoms with E-state index < -0.39 is 0 Å². The van der Waals surface area contributed by atoms with E-state index in [0.29, 0.717) is 13.0 Å². The molecule has 2 heterocycles. The van der Waals surface area contributed by atoms with Gasteiger partial charge in [0.2, 0.25) is 12.3 Å². The Kier molecular flexibility index (Phi) is 5.99. The second kappa shape index (κ2) is 8.83. The van der Waals surface area contributed by atoms with E-state index in [1.54, 1.807) is 0 Å². The molecule has 1 unspecified atom stereocenters. The van der Waals surface area contributed by atoms with E-state index in [0.717, 1.165) is 61.0 Å². The van der Waals surface area contributed by atoms with Gasteiger partial charge < -0.3 is 9.80 Å². The second-order valence-electron chi connectivity index (χ2n) is 8.13. The van der Waals surface area contributed by atoms with Gasteiger partial charge in [0.1, 0.15) is 6.04 Å². The van der Waals surface area contributed by atoms with Crippen LogP contribution in [0.4, 0.5) is 5.69 Å². The van der Waals surface area contributed by atoms with Gasteiger partial charge in [-0.2, -0.15) is 0 Å². The number of imide groups is 1. The molecule has 0 aliphatic carbocycles. The third-order valence-corrected chi connectivity index (χ3v) is 6.24. The molecule has 2 aliphatic heterocycles. The number of piperazine rings is 1. The summed E-state index contributed by atoms with van der Waals surface area (Å²) in [6.07, 6.45) is 3.78. The summed E-state index contributed by atoms with van der Waals surface area (Å²) in [7, 11) is 1.90. The number of nitrogens with zero attached hydrogens (tertiary/aromatic N) is 3. The topological polar surface area (TPSA) is 73.0 Å². The average molecular weight is 409 g/mol. The van der Waals surface area contributed by atoms with E-state index in [9.17, 15) is 14.4 Å². The normalized spacial score (nSPS) is 20.2. The minimum absolute atomic E-state index is 0.104. The Balaban J connectivity index is 1.60. The lowest BCUT2D eigenvalue weighted by molar-refractivity contribution is -0.129. The fourth-order valence-corrected chi connectivity index (χ4v) is 4.48. The highest BCUT2D eigenvalue weighted by Crippen LogP contribution is 2.30. The smallest absolute Gasteiger partial charge is 0.253 e. The number of fused-ring (bicyclic) bond motifs is 1. The Bertz CT molecular complexity index is 955. The molecule has 0 saturated carbocycles. The molecule has 4 rings (SSSR count). The van der Waals surface area contributed by atoms with Crippen LogP contribution >= 0.6 is 0 Å². The molecule has 1 N–H and O–H groups in total. The lowest BCUT2D eigenvalue weighted by Crippen LogP contribution is -2.57. The number of benzene rings is 2. The highest BCUT2D eigenvalue weighted by atomic mass is 16.2. The van der Waals surface area contributed by atoms with Crippen molar-refractivity contribution in [3.63, 3.8) is 0 Å². The van der Waals surface area contributed by atoms with Crippen molar-refractivity contribution < 1.29 is 14.4 Å². The van der Waals surface area contributed by atoms with Crippen LogP contribution < -0.4 is 10.2 Å². The predicted molar refractivity (Wildman–Crippen MR) is 117 cm³/mol. The standard InChI is InChI=1S/C23H28N4O3/c1-25-12-13-27(15-21(25)22(29)24-16-28)20-7-5-6-17-14-18(8-9-19(17)20)23(30)26-10-3-2-4-11-26/h5-9,14,16,21H,2-4,10-13,15H2,1H3,(H,24,28,29). The molecule has 30 heavy (non-hydrogen) atoms. The summed E-state index contributed by atoms with van der Waals surface area (Å²) >= 11 is 0. The van der Waals surface area contributed by atoms with Crippen molar-refractivity contribution in [1.82, 2.24) is 15.1 Å². The van der Waals surface area contributed by atoms with E-state index in [1.807, 2.05) is 47.2 Å². The number of hydrogen-bond acceptors (Lipinski definition) is 5. The van der Waals surface area contributed by atoms with Gasteiger partial charge in [0.25, 0.3) is 5.91 Å². The van der Waals surface area contributed by atoms with Gasteiger partial charge in [-0.3, -0.25) is 24.6 Å². The minimum Gasteiger partial charge on any atom is -0.368 e. The first-order valence-electron chi connectivity index (χ1n) is 10.6. The van der Waals surface area contributed by atoms with Crippen LogP contribution in [0.3, 0.4) is 0 Å². The molecule has 0 aromatic heterocycles. The van der Waals surface area contributed by atoms with E-state index in [4.69, 9.17) is 0 Å². The lowest BCUT2D eigenvalue weighted by Gasteiger charge is -2.39. The van der Waals surface area contributed by atoms with Gasteiger partial charge >= 0.3 is 0 Å². The molecular weight excluding hydrogens is 380 g/mol. The zero-order valence-corrected chi connectivity index (χ0v) is 17.3. The number of amides is 3. The molecule has 2 aliphatic rings. The van der Waals surface area contributed by atoms with Gasteiger partial charge in [-0.15, -0.1) is 0 Å². The maximum atomic E-state index is 12.9. The first-order chi connectivity index (χ1) is 14.6. The molecule has 0 bridgehead atoms. The molecule has 2 fully saturated rings. The molecule has 0 spiro atoms. The summed E-state index contributed by atoms with van der Waals surface area (Å²) in [5.74, 6) is -0.181. The third-order valence-electron chi connectivity index (χ3n) is 6.24. The number of carbonyl (C=O) groups excluding carboxylic acids is 3. The largest absolute Gasteiger partial charge is 0.368 e. The van der Waals surface area contributed by atoms with Crippen molar-refractivity contribution >= 4 is 34.7 Å². The Morgan fingerprint density at radius 2 is 1.83 bits per heavy atom. The zero-order valence-electron chi connectivity index (χ0n) is 17.3.